The largest absolute Gasteiger partial charge is 0.335 e. The number of hydrogen-bond acceptors (Lipinski definition) is 2. The molecule has 2 N–H and O–H groups in total. The summed E-state index contributed by atoms with van der Waals surface area (Å²) >= 11 is 0. The summed E-state index contributed by atoms with van der Waals surface area (Å²) in [4.78, 5) is 14.8. The summed E-state index contributed by atoms with van der Waals surface area (Å²) in [6, 6.07) is 7.44. The quantitative estimate of drug-likeness (QED) is 0.901. The molecular weight excluding hydrogens is 274 g/mol. The number of likely N-dealkylation sites (tertiary alicyclic amines) is 1. The molecule has 0 bridgehead atoms. The van der Waals surface area contributed by atoms with E-state index in [1.807, 2.05) is 6.07 Å². The predicted octanol–water partition coefficient (Wildman–Crippen LogP) is 2.92. The second-order valence-corrected chi connectivity index (χ2v) is 6.98. The van der Waals surface area contributed by atoms with Gasteiger partial charge in [0.05, 0.1) is 0 Å². The van der Waals surface area contributed by atoms with Crippen molar-refractivity contribution in [1.82, 2.24) is 10.2 Å². The molecule has 0 spiro atoms. The normalized spacial score (nSPS) is 22.4. The van der Waals surface area contributed by atoms with Crippen LogP contribution in [0.1, 0.15) is 43.2 Å². The SMILES string of the molecule is O=C(Nc1ccc2c(c1)CCC2)NC1CCN(C2CC2)CC1. The van der Waals surface area contributed by atoms with Gasteiger partial charge in [-0.05, 0) is 68.2 Å². The summed E-state index contributed by atoms with van der Waals surface area (Å²) in [6.45, 7) is 2.27. The molecule has 3 aliphatic rings. The zero-order chi connectivity index (χ0) is 14.9. The van der Waals surface area contributed by atoms with E-state index in [0.717, 1.165) is 44.1 Å². The molecule has 4 heteroatoms. The highest BCUT2D eigenvalue weighted by Crippen LogP contribution is 2.29. The van der Waals surface area contributed by atoms with Crippen molar-refractivity contribution in [2.24, 2.45) is 0 Å². The lowest BCUT2D eigenvalue weighted by Gasteiger charge is -2.32. The Kier molecular flexibility index (Phi) is 3.78. The fourth-order valence-electron chi connectivity index (χ4n) is 3.85. The smallest absolute Gasteiger partial charge is 0.319 e. The lowest BCUT2D eigenvalue weighted by molar-refractivity contribution is 0.189. The third kappa shape index (κ3) is 3.12. The van der Waals surface area contributed by atoms with Crippen molar-refractivity contribution in [1.29, 1.82) is 0 Å². The number of carbonyl (C=O) groups is 1. The molecule has 1 saturated carbocycles. The fourth-order valence-corrected chi connectivity index (χ4v) is 3.85. The molecule has 0 unspecified atom stereocenters. The van der Waals surface area contributed by atoms with Crippen molar-refractivity contribution in [2.45, 2.75) is 57.0 Å². The van der Waals surface area contributed by atoms with Gasteiger partial charge in [0.1, 0.15) is 0 Å². The van der Waals surface area contributed by atoms with Crippen molar-refractivity contribution in [3.63, 3.8) is 0 Å². The van der Waals surface area contributed by atoms with Crippen LogP contribution in [0.3, 0.4) is 0 Å². The standard InChI is InChI=1S/C18H25N3O/c22-18(19-15-8-10-21(11-9-15)17-6-7-17)20-16-5-4-13-2-1-3-14(13)12-16/h4-5,12,15,17H,1-3,6-11H2,(H2,19,20,22). The lowest BCUT2D eigenvalue weighted by Crippen LogP contribution is -2.46. The molecule has 0 radical (unpaired) electrons. The van der Waals surface area contributed by atoms with Crippen LogP contribution in [-0.2, 0) is 12.8 Å². The zero-order valence-electron chi connectivity index (χ0n) is 13.1. The number of anilines is 1. The van der Waals surface area contributed by atoms with Gasteiger partial charge in [-0.3, -0.25) is 0 Å². The summed E-state index contributed by atoms with van der Waals surface area (Å²) in [5.41, 5.74) is 3.77. The summed E-state index contributed by atoms with van der Waals surface area (Å²) < 4.78 is 0. The van der Waals surface area contributed by atoms with Crippen molar-refractivity contribution >= 4 is 11.7 Å². The Hall–Kier alpha value is -1.55. The maximum absolute atomic E-state index is 12.2. The summed E-state index contributed by atoms with van der Waals surface area (Å²) in [7, 11) is 0. The van der Waals surface area contributed by atoms with Gasteiger partial charge < -0.3 is 15.5 Å². The van der Waals surface area contributed by atoms with Crippen LogP contribution in [0.2, 0.25) is 0 Å². The molecule has 1 aliphatic heterocycles. The minimum atomic E-state index is -0.0529. The number of fused-ring (bicyclic) bond motifs is 1. The van der Waals surface area contributed by atoms with Crippen LogP contribution in [-0.4, -0.2) is 36.1 Å². The Morgan fingerprint density at radius 3 is 2.59 bits per heavy atom. The minimum Gasteiger partial charge on any atom is -0.335 e. The van der Waals surface area contributed by atoms with Gasteiger partial charge in [-0.15, -0.1) is 0 Å². The van der Waals surface area contributed by atoms with E-state index in [1.165, 1.54) is 36.8 Å². The Bertz CT molecular complexity index is 559. The predicted molar refractivity (Wildman–Crippen MR) is 88.2 cm³/mol. The summed E-state index contributed by atoms with van der Waals surface area (Å²) in [5, 5.41) is 6.14. The van der Waals surface area contributed by atoms with Crippen molar-refractivity contribution in [2.75, 3.05) is 18.4 Å². The van der Waals surface area contributed by atoms with E-state index in [0.29, 0.717) is 6.04 Å². The third-order valence-corrected chi connectivity index (χ3v) is 5.28. The Morgan fingerprint density at radius 2 is 1.82 bits per heavy atom. The Balaban J connectivity index is 1.27. The minimum absolute atomic E-state index is 0.0529. The van der Waals surface area contributed by atoms with Gasteiger partial charge in [0.15, 0.2) is 0 Å². The number of urea groups is 1. The van der Waals surface area contributed by atoms with Crippen molar-refractivity contribution in [3.05, 3.63) is 29.3 Å². The second kappa shape index (κ2) is 5.92. The Morgan fingerprint density at radius 1 is 1.05 bits per heavy atom. The van der Waals surface area contributed by atoms with Crippen LogP contribution < -0.4 is 10.6 Å². The van der Waals surface area contributed by atoms with Gasteiger partial charge in [0, 0.05) is 30.9 Å². The van der Waals surface area contributed by atoms with Gasteiger partial charge in [0.2, 0.25) is 0 Å². The van der Waals surface area contributed by atoms with E-state index >= 15 is 0 Å². The monoisotopic (exact) mass is 299 g/mol. The third-order valence-electron chi connectivity index (χ3n) is 5.28. The average molecular weight is 299 g/mol. The van der Waals surface area contributed by atoms with Crippen LogP contribution in [0.5, 0.6) is 0 Å². The number of benzene rings is 1. The van der Waals surface area contributed by atoms with Crippen LogP contribution in [0.15, 0.2) is 18.2 Å². The van der Waals surface area contributed by atoms with Gasteiger partial charge in [-0.25, -0.2) is 4.79 Å². The molecule has 1 aromatic rings. The number of rotatable bonds is 3. The number of amides is 2. The molecule has 2 aliphatic carbocycles. The molecule has 2 fully saturated rings. The van der Waals surface area contributed by atoms with Crippen LogP contribution >= 0.6 is 0 Å². The average Bonchev–Trinajstić information content (AvgIpc) is 3.26. The van der Waals surface area contributed by atoms with E-state index < -0.39 is 0 Å². The van der Waals surface area contributed by atoms with Gasteiger partial charge in [-0.1, -0.05) is 6.07 Å². The molecule has 2 amide bonds. The van der Waals surface area contributed by atoms with E-state index in [2.05, 4.69) is 27.7 Å². The first kappa shape index (κ1) is 14.1. The van der Waals surface area contributed by atoms with E-state index in [4.69, 9.17) is 0 Å². The van der Waals surface area contributed by atoms with Crippen LogP contribution in [0, 0.1) is 0 Å². The van der Waals surface area contributed by atoms with Crippen molar-refractivity contribution in [3.8, 4) is 0 Å². The summed E-state index contributed by atoms with van der Waals surface area (Å²) in [6.07, 6.45) is 8.47. The van der Waals surface area contributed by atoms with Gasteiger partial charge >= 0.3 is 6.03 Å². The highest BCUT2D eigenvalue weighted by atomic mass is 16.2. The molecule has 0 atom stereocenters. The molecule has 0 aromatic heterocycles. The number of carbonyl (C=O) groups excluding carboxylic acids is 1. The number of nitrogens with zero attached hydrogens (tertiary/aromatic N) is 1. The topological polar surface area (TPSA) is 44.4 Å². The van der Waals surface area contributed by atoms with Crippen molar-refractivity contribution < 1.29 is 4.79 Å². The number of aryl methyl sites for hydroxylation is 2. The summed E-state index contributed by atoms with van der Waals surface area (Å²) in [5.74, 6) is 0. The lowest BCUT2D eigenvalue weighted by atomic mass is 10.1. The van der Waals surface area contributed by atoms with Gasteiger partial charge in [-0.2, -0.15) is 0 Å². The molecule has 4 rings (SSSR count). The molecule has 4 nitrogen and oxygen atoms in total. The van der Waals surface area contributed by atoms with E-state index in [1.54, 1.807) is 0 Å². The van der Waals surface area contributed by atoms with E-state index in [9.17, 15) is 4.79 Å². The number of piperidine rings is 1. The van der Waals surface area contributed by atoms with Crippen LogP contribution in [0.25, 0.3) is 0 Å². The zero-order valence-corrected chi connectivity index (χ0v) is 13.1. The molecule has 1 heterocycles. The molecule has 1 aromatic carbocycles. The molecule has 118 valence electrons. The number of hydrogen-bond donors (Lipinski definition) is 2. The fraction of sp³-hybridized carbons (Fsp3) is 0.611. The first-order chi connectivity index (χ1) is 10.8. The molecule has 22 heavy (non-hydrogen) atoms. The van der Waals surface area contributed by atoms with E-state index in [-0.39, 0.29) is 6.03 Å². The first-order valence-corrected chi connectivity index (χ1v) is 8.71. The molecule has 1 saturated heterocycles. The molecular formula is C18H25N3O. The maximum Gasteiger partial charge on any atom is 0.319 e. The number of nitrogens with one attached hydrogen (secondary N) is 2. The second-order valence-electron chi connectivity index (χ2n) is 6.98. The highest BCUT2D eigenvalue weighted by molar-refractivity contribution is 5.89. The Labute approximate surface area is 132 Å². The van der Waals surface area contributed by atoms with Gasteiger partial charge in [0.25, 0.3) is 0 Å². The van der Waals surface area contributed by atoms with Crippen LogP contribution in [0.4, 0.5) is 10.5 Å². The highest BCUT2D eigenvalue weighted by Gasteiger charge is 2.32. The first-order valence-electron chi connectivity index (χ1n) is 8.71. The maximum atomic E-state index is 12.2.